The van der Waals surface area contributed by atoms with E-state index in [-0.39, 0.29) is 23.4 Å². The number of ether oxygens (including phenoxy) is 1. The number of methoxy groups -OCH3 is 1. The number of carboxylic acids is 1. The number of benzene rings is 1. The summed E-state index contributed by atoms with van der Waals surface area (Å²) in [5.74, 6) is -1.07. The molecule has 2 N–H and O–H groups in total. The lowest BCUT2D eigenvalue weighted by molar-refractivity contribution is 0.0521. The van der Waals surface area contributed by atoms with Crippen LogP contribution in [-0.4, -0.2) is 48.3 Å². The number of rotatable bonds is 3. The topological polar surface area (TPSA) is 78.9 Å². The fourth-order valence-electron chi connectivity index (χ4n) is 2.30. The number of piperidine rings is 1. The Bertz CT molecular complexity index is 542. The van der Waals surface area contributed by atoms with Crippen LogP contribution < -0.4 is 5.32 Å². The van der Waals surface area contributed by atoms with Gasteiger partial charge in [0.15, 0.2) is 0 Å². The first-order valence-corrected chi connectivity index (χ1v) is 7.42. The van der Waals surface area contributed by atoms with Crippen LogP contribution >= 0.6 is 15.9 Å². The highest BCUT2D eigenvalue weighted by molar-refractivity contribution is 9.10. The van der Waals surface area contributed by atoms with Gasteiger partial charge in [-0.3, -0.25) is 0 Å². The minimum atomic E-state index is -1.07. The van der Waals surface area contributed by atoms with E-state index in [1.54, 1.807) is 24.1 Å². The van der Waals surface area contributed by atoms with Crippen LogP contribution in [0.3, 0.4) is 0 Å². The molecule has 7 heteroatoms. The third kappa shape index (κ3) is 3.95. The molecule has 1 aliphatic heterocycles. The molecule has 2 amide bonds. The molecule has 1 heterocycles. The number of carbonyl (C=O) groups is 2. The van der Waals surface area contributed by atoms with Gasteiger partial charge in [-0.2, -0.15) is 0 Å². The summed E-state index contributed by atoms with van der Waals surface area (Å²) in [4.78, 5) is 25.1. The van der Waals surface area contributed by atoms with Crippen LogP contribution in [0.1, 0.15) is 23.2 Å². The van der Waals surface area contributed by atoms with Crippen molar-refractivity contribution in [3.8, 4) is 0 Å². The summed E-state index contributed by atoms with van der Waals surface area (Å²) in [5, 5.41) is 11.8. The Morgan fingerprint density at radius 3 is 2.62 bits per heavy atom. The molecule has 6 nitrogen and oxygen atoms in total. The van der Waals surface area contributed by atoms with E-state index in [9.17, 15) is 9.59 Å². The van der Waals surface area contributed by atoms with Crippen molar-refractivity contribution in [1.29, 1.82) is 0 Å². The highest BCUT2D eigenvalue weighted by atomic mass is 79.9. The van der Waals surface area contributed by atoms with Gasteiger partial charge in [0.05, 0.1) is 17.4 Å². The lowest BCUT2D eigenvalue weighted by Crippen LogP contribution is -2.43. The van der Waals surface area contributed by atoms with E-state index in [4.69, 9.17) is 9.84 Å². The molecule has 0 atom stereocenters. The molecule has 0 bridgehead atoms. The monoisotopic (exact) mass is 356 g/mol. The van der Waals surface area contributed by atoms with Gasteiger partial charge in [-0.15, -0.1) is 0 Å². The van der Waals surface area contributed by atoms with E-state index in [1.807, 2.05) is 0 Å². The molecule has 1 aliphatic rings. The van der Waals surface area contributed by atoms with Crippen molar-refractivity contribution in [3.63, 3.8) is 0 Å². The van der Waals surface area contributed by atoms with Crippen LogP contribution in [0.4, 0.5) is 10.5 Å². The number of nitrogens with zero attached hydrogens (tertiary/aromatic N) is 1. The molecule has 0 unspecified atom stereocenters. The van der Waals surface area contributed by atoms with Crippen LogP contribution in [0.5, 0.6) is 0 Å². The maximum absolute atomic E-state index is 12.2. The first kappa shape index (κ1) is 15.8. The van der Waals surface area contributed by atoms with Crippen LogP contribution in [0, 0.1) is 0 Å². The van der Waals surface area contributed by atoms with Crippen molar-refractivity contribution >= 4 is 33.6 Å². The number of hydrogen-bond donors (Lipinski definition) is 2. The average Bonchev–Trinajstić information content (AvgIpc) is 2.47. The lowest BCUT2D eigenvalue weighted by atomic mass is 10.1. The Labute approximate surface area is 131 Å². The summed E-state index contributed by atoms with van der Waals surface area (Å²) >= 11 is 3.27. The quantitative estimate of drug-likeness (QED) is 0.872. The highest BCUT2D eigenvalue weighted by Gasteiger charge is 2.23. The summed E-state index contributed by atoms with van der Waals surface area (Å²) < 4.78 is 5.97. The van der Waals surface area contributed by atoms with Crippen molar-refractivity contribution in [2.45, 2.75) is 18.9 Å². The lowest BCUT2D eigenvalue weighted by Gasteiger charge is -2.31. The average molecular weight is 357 g/mol. The van der Waals surface area contributed by atoms with E-state index < -0.39 is 5.97 Å². The van der Waals surface area contributed by atoms with Crippen LogP contribution in [0.15, 0.2) is 22.7 Å². The number of carbonyl (C=O) groups excluding carboxylic acids is 1. The third-order valence-electron chi connectivity index (χ3n) is 3.52. The molecule has 114 valence electrons. The number of hydrogen-bond acceptors (Lipinski definition) is 3. The second kappa shape index (κ2) is 6.91. The summed E-state index contributed by atoms with van der Waals surface area (Å²) in [7, 11) is 1.67. The van der Waals surface area contributed by atoms with Gasteiger partial charge in [0.25, 0.3) is 0 Å². The van der Waals surface area contributed by atoms with Crippen LogP contribution in [0.25, 0.3) is 0 Å². The first-order chi connectivity index (χ1) is 10.0. The third-order valence-corrected chi connectivity index (χ3v) is 4.01. The molecule has 2 rings (SSSR count). The van der Waals surface area contributed by atoms with E-state index in [0.717, 1.165) is 12.8 Å². The van der Waals surface area contributed by atoms with Gasteiger partial charge in [0.2, 0.25) is 0 Å². The number of nitrogens with one attached hydrogen (secondary N) is 1. The number of carboxylic acid groups (broad SMARTS) is 1. The van der Waals surface area contributed by atoms with E-state index in [2.05, 4.69) is 21.2 Å². The SMILES string of the molecule is COC1CCN(C(=O)Nc2cc(Br)ccc2C(=O)O)CC1. The number of halogens is 1. The zero-order valence-corrected chi connectivity index (χ0v) is 13.2. The van der Waals surface area contributed by atoms with Gasteiger partial charge in [-0.05, 0) is 31.0 Å². The Hall–Kier alpha value is -1.60. The van der Waals surface area contributed by atoms with E-state index >= 15 is 0 Å². The number of anilines is 1. The van der Waals surface area contributed by atoms with Crippen LogP contribution in [-0.2, 0) is 4.74 Å². The molecule has 0 aromatic heterocycles. The number of amides is 2. The first-order valence-electron chi connectivity index (χ1n) is 6.63. The van der Waals surface area contributed by atoms with Gasteiger partial charge in [-0.1, -0.05) is 15.9 Å². The zero-order chi connectivity index (χ0) is 15.4. The van der Waals surface area contributed by atoms with Crippen molar-refractivity contribution < 1.29 is 19.4 Å². The molecule has 1 saturated heterocycles. The summed E-state index contributed by atoms with van der Waals surface area (Å²) in [5.41, 5.74) is 0.356. The molecule has 0 radical (unpaired) electrons. The normalized spacial score (nSPS) is 15.8. The molecule has 0 saturated carbocycles. The molecule has 1 fully saturated rings. The smallest absolute Gasteiger partial charge is 0.337 e. The molecular formula is C14H17BrN2O4. The Morgan fingerprint density at radius 2 is 2.05 bits per heavy atom. The van der Waals surface area contributed by atoms with Gasteiger partial charge >= 0.3 is 12.0 Å². The van der Waals surface area contributed by atoms with Crippen molar-refractivity contribution in [1.82, 2.24) is 4.90 Å². The summed E-state index contributed by atoms with van der Waals surface area (Å²) in [6.07, 6.45) is 1.76. The number of likely N-dealkylation sites (tertiary alicyclic amines) is 1. The zero-order valence-electron chi connectivity index (χ0n) is 11.6. The van der Waals surface area contributed by atoms with Crippen molar-refractivity contribution in [3.05, 3.63) is 28.2 Å². The van der Waals surface area contributed by atoms with Crippen LogP contribution in [0.2, 0.25) is 0 Å². The van der Waals surface area contributed by atoms with E-state index in [0.29, 0.717) is 17.6 Å². The molecule has 1 aromatic rings. The fraction of sp³-hybridized carbons (Fsp3) is 0.429. The molecular weight excluding hydrogens is 340 g/mol. The maximum atomic E-state index is 12.2. The van der Waals surface area contributed by atoms with E-state index in [1.165, 1.54) is 6.07 Å². The minimum Gasteiger partial charge on any atom is -0.478 e. The fourth-order valence-corrected chi connectivity index (χ4v) is 2.66. The maximum Gasteiger partial charge on any atom is 0.337 e. The Kier molecular flexibility index (Phi) is 5.19. The Balaban J connectivity index is 2.06. The highest BCUT2D eigenvalue weighted by Crippen LogP contribution is 2.22. The summed E-state index contributed by atoms with van der Waals surface area (Å²) in [6.45, 7) is 1.20. The second-order valence-electron chi connectivity index (χ2n) is 4.85. The Morgan fingerprint density at radius 1 is 1.38 bits per heavy atom. The molecule has 21 heavy (non-hydrogen) atoms. The minimum absolute atomic E-state index is 0.0679. The van der Waals surface area contributed by atoms with Gasteiger partial charge in [0.1, 0.15) is 0 Å². The van der Waals surface area contributed by atoms with Gasteiger partial charge < -0.3 is 20.1 Å². The largest absolute Gasteiger partial charge is 0.478 e. The molecule has 1 aromatic carbocycles. The van der Waals surface area contributed by atoms with Gasteiger partial charge in [0, 0.05) is 24.7 Å². The predicted molar refractivity (Wildman–Crippen MR) is 81.7 cm³/mol. The molecule has 0 spiro atoms. The number of aromatic carboxylic acids is 1. The standard InChI is InChI=1S/C14H17BrN2O4/c1-21-10-4-6-17(7-5-10)14(20)16-12-8-9(15)2-3-11(12)13(18)19/h2-3,8,10H,4-7H2,1H3,(H,16,20)(H,18,19). The van der Waals surface area contributed by atoms with Crippen molar-refractivity contribution in [2.75, 3.05) is 25.5 Å². The molecule has 0 aliphatic carbocycles. The van der Waals surface area contributed by atoms with Crippen molar-refractivity contribution in [2.24, 2.45) is 0 Å². The summed E-state index contributed by atoms with van der Waals surface area (Å²) in [6, 6.07) is 4.39. The predicted octanol–water partition coefficient (Wildman–Crippen LogP) is 2.79. The second-order valence-corrected chi connectivity index (χ2v) is 5.76. The number of urea groups is 1. The van der Waals surface area contributed by atoms with Gasteiger partial charge in [-0.25, -0.2) is 9.59 Å².